The molecule has 0 spiro atoms. The zero-order valence-corrected chi connectivity index (χ0v) is 16.5. The van der Waals surface area contributed by atoms with Gasteiger partial charge in [-0.3, -0.25) is 14.9 Å². The maximum atomic E-state index is 12.0. The number of nitrogens with zero attached hydrogens (tertiary/aromatic N) is 1. The Morgan fingerprint density at radius 3 is 2.73 bits per heavy atom. The highest BCUT2D eigenvalue weighted by Gasteiger charge is 2.14. The number of ether oxygens (including phenoxy) is 1. The quantitative estimate of drug-likeness (QED) is 0.339. The van der Waals surface area contributed by atoms with E-state index in [9.17, 15) is 14.9 Å². The number of amides is 1. The SMILES string of the molecule is CCc1ccc(OCCCC(=O)Nc2ccc(Cl)c([N+](=O)[O-])c2)c(Br)c1. The fourth-order valence-corrected chi connectivity index (χ4v) is 2.98. The van der Waals surface area contributed by atoms with Crippen LogP contribution in [-0.4, -0.2) is 17.4 Å². The molecule has 0 heterocycles. The summed E-state index contributed by atoms with van der Waals surface area (Å²) in [4.78, 5) is 22.2. The number of carbonyl (C=O) groups is 1. The molecule has 0 aliphatic rings. The number of halogens is 2. The number of hydrogen-bond donors (Lipinski definition) is 1. The molecule has 138 valence electrons. The van der Waals surface area contributed by atoms with E-state index in [-0.39, 0.29) is 23.0 Å². The summed E-state index contributed by atoms with van der Waals surface area (Å²) in [6, 6.07) is 10.1. The third kappa shape index (κ3) is 5.71. The predicted octanol–water partition coefficient (Wildman–Crippen LogP) is 5.37. The van der Waals surface area contributed by atoms with Gasteiger partial charge in [0.15, 0.2) is 0 Å². The minimum absolute atomic E-state index is 0.0288. The van der Waals surface area contributed by atoms with E-state index in [2.05, 4.69) is 28.2 Å². The average Bonchev–Trinajstić information content (AvgIpc) is 2.61. The second-order valence-corrected chi connectivity index (χ2v) is 6.80. The molecule has 0 unspecified atom stereocenters. The Balaban J connectivity index is 1.81. The van der Waals surface area contributed by atoms with E-state index in [0.717, 1.165) is 16.6 Å². The lowest BCUT2D eigenvalue weighted by Gasteiger charge is -2.10. The van der Waals surface area contributed by atoms with Gasteiger partial charge < -0.3 is 10.1 Å². The number of carbonyl (C=O) groups excluding carboxylic acids is 1. The summed E-state index contributed by atoms with van der Waals surface area (Å²) in [6.07, 6.45) is 1.70. The van der Waals surface area contributed by atoms with Gasteiger partial charge in [-0.1, -0.05) is 24.6 Å². The van der Waals surface area contributed by atoms with Crippen LogP contribution >= 0.6 is 27.5 Å². The number of anilines is 1. The van der Waals surface area contributed by atoms with Gasteiger partial charge in [-0.2, -0.15) is 0 Å². The van der Waals surface area contributed by atoms with Crippen LogP contribution in [0.5, 0.6) is 5.75 Å². The first-order valence-electron chi connectivity index (χ1n) is 8.05. The summed E-state index contributed by atoms with van der Waals surface area (Å²) in [5, 5.41) is 13.5. The minimum atomic E-state index is -0.590. The van der Waals surface area contributed by atoms with Crippen molar-refractivity contribution in [1.82, 2.24) is 0 Å². The molecule has 0 bridgehead atoms. The van der Waals surface area contributed by atoms with Gasteiger partial charge in [0.25, 0.3) is 5.69 Å². The molecule has 0 aromatic heterocycles. The lowest BCUT2D eigenvalue weighted by atomic mass is 10.2. The molecule has 26 heavy (non-hydrogen) atoms. The molecular weight excluding hydrogens is 424 g/mol. The van der Waals surface area contributed by atoms with Crippen LogP contribution in [0, 0.1) is 10.1 Å². The first-order chi connectivity index (χ1) is 12.4. The molecule has 2 rings (SSSR count). The molecule has 0 saturated carbocycles. The van der Waals surface area contributed by atoms with Crippen LogP contribution < -0.4 is 10.1 Å². The molecule has 0 atom stereocenters. The highest BCUT2D eigenvalue weighted by atomic mass is 79.9. The molecular formula is C18H18BrClN2O4. The van der Waals surface area contributed by atoms with Gasteiger partial charge in [-0.15, -0.1) is 0 Å². The summed E-state index contributed by atoms with van der Waals surface area (Å²) < 4.78 is 6.55. The summed E-state index contributed by atoms with van der Waals surface area (Å²) in [6.45, 7) is 2.47. The zero-order valence-electron chi connectivity index (χ0n) is 14.1. The van der Waals surface area contributed by atoms with Crippen LogP contribution in [0.15, 0.2) is 40.9 Å². The largest absolute Gasteiger partial charge is 0.492 e. The number of nitrogens with one attached hydrogen (secondary N) is 1. The Morgan fingerprint density at radius 1 is 1.31 bits per heavy atom. The van der Waals surface area contributed by atoms with Gasteiger partial charge in [0.2, 0.25) is 5.91 Å². The monoisotopic (exact) mass is 440 g/mol. The van der Waals surface area contributed by atoms with E-state index in [1.54, 1.807) is 0 Å². The van der Waals surface area contributed by atoms with Crippen LogP contribution in [0.3, 0.4) is 0 Å². The lowest BCUT2D eigenvalue weighted by molar-refractivity contribution is -0.384. The topological polar surface area (TPSA) is 81.5 Å². The molecule has 1 amide bonds. The van der Waals surface area contributed by atoms with Crippen molar-refractivity contribution in [1.29, 1.82) is 0 Å². The molecule has 0 aliphatic carbocycles. The van der Waals surface area contributed by atoms with Gasteiger partial charge in [-0.05, 0) is 58.6 Å². The van der Waals surface area contributed by atoms with Gasteiger partial charge in [0.1, 0.15) is 10.8 Å². The van der Waals surface area contributed by atoms with Gasteiger partial charge in [-0.25, -0.2) is 0 Å². The molecule has 0 saturated heterocycles. The van der Waals surface area contributed by atoms with Crippen molar-refractivity contribution in [2.75, 3.05) is 11.9 Å². The Kier molecular flexibility index (Phi) is 7.41. The van der Waals surface area contributed by atoms with Gasteiger partial charge in [0.05, 0.1) is 16.0 Å². The fraction of sp³-hybridized carbons (Fsp3) is 0.278. The summed E-state index contributed by atoms with van der Waals surface area (Å²) in [5.41, 5.74) is 1.30. The zero-order chi connectivity index (χ0) is 19.1. The maximum Gasteiger partial charge on any atom is 0.289 e. The lowest BCUT2D eigenvalue weighted by Crippen LogP contribution is -2.13. The van der Waals surface area contributed by atoms with Crippen LogP contribution in [0.1, 0.15) is 25.3 Å². The number of nitro benzene ring substituents is 1. The van der Waals surface area contributed by atoms with E-state index in [1.165, 1.54) is 23.8 Å². The first kappa shape index (κ1) is 20.2. The van der Waals surface area contributed by atoms with Crippen molar-refractivity contribution >= 4 is 44.8 Å². The predicted molar refractivity (Wildman–Crippen MR) is 105 cm³/mol. The number of benzene rings is 2. The van der Waals surface area contributed by atoms with Gasteiger partial charge in [0, 0.05) is 18.2 Å². The second kappa shape index (κ2) is 9.54. The van der Waals surface area contributed by atoms with Crippen molar-refractivity contribution < 1.29 is 14.5 Å². The van der Waals surface area contributed by atoms with Gasteiger partial charge >= 0.3 is 0 Å². The van der Waals surface area contributed by atoms with E-state index in [0.29, 0.717) is 18.7 Å². The van der Waals surface area contributed by atoms with Crippen molar-refractivity contribution in [3.05, 3.63) is 61.6 Å². The van der Waals surface area contributed by atoms with Crippen molar-refractivity contribution in [3.63, 3.8) is 0 Å². The van der Waals surface area contributed by atoms with E-state index < -0.39 is 4.92 Å². The second-order valence-electron chi connectivity index (χ2n) is 5.54. The Morgan fingerprint density at radius 2 is 2.08 bits per heavy atom. The van der Waals surface area contributed by atoms with Crippen LogP contribution in [0.2, 0.25) is 5.02 Å². The third-order valence-corrected chi connectivity index (χ3v) is 4.58. The number of rotatable bonds is 8. The van der Waals surface area contributed by atoms with Crippen molar-refractivity contribution in [2.24, 2.45) is 0 Å². The van der Waals surface area contributed by atoms with Crippen LogP contribution in [-0.2, 0) is 11.2 Å². The van der Waals surface area contributed by atoms with Crippen LogP contribution in [0.25, 0.3) is 0 Å². The molecule has 6 nitrogen and oxygen atoms in total. The summed E-state index contributed by atoms with van der Waals surface area (Å²) in [5.74, 6) is 0.488. The number of hydrogen-bond acceptors (Lipinski definition) is 4. The molecule has 2 aromatic rings. The normalized spacial score (nSPS) is 10.4. The van der Waals surface area contributed by atoms with Crippen molar-refractivity contribution in [2.45, 2.75) is 26.2 Å². The molecule has 1 N–H and O–H groups in total. The highest BCUT2D eigenvalue weighted by Crippen LogP contribution is 2.28. The number of nitro groups is 1. The smallest absolute Gasteiger partial charge is 0.289 e. The Labute approximate surface area is 164 Å². The molecule has 0 radical (unpaired) electrons. The van der Waals surface area contributed by atoms with E-state index in [1.807, 2.05) is 18.2 Å². The average molecular weight is 442 g/mol. The maximum absolute atomic E-state index is 12.0. The fourth-order valence-electron chi connectivity index (χ4n) is 2.25. The minimum Gasteiger partial charge on any atom is -0.492 e. The third-order valence-electron chi connectivity index (χ3n) is 3.64. The van der Waals surface area contributed by atoms with Crippen molar-refractivity contribution in [3.8, 4) is 5.75 Å². The first-order valence-corrected chi connectivity index (χ1v) is 9.22. The summed E-state index contributed by atoms with van der Waals surface area (Å²) >= 11 is 9.21. The molecule has 8 heteroatoms. The Bertz CT molecular complexity index is 814. The standard InChI is InChI=1S/C18H18BrClN2O4/c1-2-12-5-8-17(14(19)10-12)26-9-3-4-18(23)21-13-6-7-15(20)16(11-13)22(24)25/h5-8,10-11H,2-4,9H2,1H3,(H,21,23). The highest BCUT2D eigenvalue weighted by molar-refractivity contribution is 9.10. The van der Waals surface area contributed by atoms with Crippen LogP contribution in [0.4, 0.5) is 11.4 Å². The van der Waals surface area contributed by atoms with E-state index in [4.69, 9.17) is 16.3 Å². The Hall–Kier alpha value is -2.12. The molecule has 0 fully saturated rings. The number of aryl methyl sites for hydroxylation is 1. The summed E-state index contributed by atoms with van der Waals surface area (Å²) in [7, 11) is 0. The molecule has 2 aromatic carbocycles. The van der Waals surface area contributed by atoms with E-state index >= 15 is 0 Å². The molecule has 0 aliphatic heterocycles.